The van der Waals surface area contributed by atoms with Crippen LogP contribution in [0.15, 0.2) is 29.2 Å². The predicted molar refractivity (Wildman–Crippen MR) is 79.4 cm³/mol. The van der Waals surface area contributed by atoms with E-state index >= 15 is 0 Å². The van der Waals surface area contributed by atoms with Crippen LogP contribution in [0.1, 0.15) is 37.6 Å². The molecule has 0 saturated heterocycles. The number of rotatable bonds is 6. The van der Waals surface area contributed by atoms with E-state index in [-0.39, 0.29) is 22.8 Å². The topological polar surface area (TPSA) is 89.3 Å². The number of amides is 1. The van der Waals surface area contributed by atoms with Crippen LogP contribution in [0.4, 0.5) is 0 Å². The van der Waals surface area contributed by atoms with E-state index in [1.165, 1.54) is 12.1 Å². The lowest BCUT2D eigenvalue weighted by molar-refractivity contribution is 0.0942. The van der Waals surface area contributed by atoms with Crippen molar-refractivity contribution in [3.05, 3.63) is 29.8 Å². The van der Waals surface area contributed by atoms with Gasteiger partial charge in [-0.2, -0.15) is 0 Å². The molecule has 0 unspecified atom stereocenters. The zero-order valence-corrected chi connectivity index (χ0v) is 13.0. The minimum atomic E-state index is -3.43. The van der Waals surface area contributed by atoms with E-state index in [1.807, 2.05) is 0 Å². The highest BCUT2D eigenvalue weighted by molar-refractivity contribution is 7.91. The van der Waals surface area contributed by atoms with Crippen LogP contribution < -0.4 is 11.1 Å². The molecule has 0 aliphatic carbocycles. The van der Waals surface area contributed by atoms with Crippen LogP contribution in [-0.4, -0.2) is 32.2 Å². The van der Waals surface area contributed by atoms with Crippen molar-refractivity contribution in [2.24, 2.45) is 5.73 Å². The van der Waals surface area contributed by atoms with E-state index in [2.05, 4.69) is 5.32 Å². The number of sulfone groups is 1. The summed E-state index contributed by atoms with van der Waals surface area (Å²) in [6.45, 7) is 5.63. The van der Waals surface area contributed by atoms with Gasteiger partial charge in [-0.05, 0) is 32.4 Å². The molecule has 1 aromatic rings. The molecule has 6 heteroatoms. The standard InChI is InChI=1S/C14H22N2O3S/c1-4-9-20(18,19)12-8-6-5-7-11(12)13(17)16-10-14(2,3)15/h5-8H,4,9-10,15H2,1-3H3,(H,16,17). The molecule has 0 saturated carbocycles. The second-order valence-electron chi connectivity index (χ2n) is 5.49. The van der Waals surface area contributed by atoms with Crippen molar-refractivity contribution in [2.45, 2.75) is 37.6 Å². The number of carbonyl (C=O) groups excluding carboxylic acids is 1. The van der Waals surface area contributed by atoms with Gasteiger partial charge in [-0.25, -0.2) is 8.42 Å². The molecule has 3 N–H and O–H groups in total. The Kier molecular flexibility index (Phi) is 5.30. The summed E-state index contributed by atoms with van der Waals surface area (Å²) in [5.41, 5.74) is 5.42. The minimum Gasteiger partial charge on any atom is -0.350 e. The molecular weight excluding hydrogens is 276 g/mol. The zero-order chi connectivity index (χ0) is 15.4. The summed E-state index contributed by atoms with van der Waals surface area (Å²) in [5, 5.41) is 2.67. The lowest BCUT2D eigenvalue weighted by atomic mass is 10.1. The molecule has 112 valence electrons. The number of hydrogen-bond donors (Lipinski definition) is 2. The first kappa shape index (κ1) is 16.7. The second-order valence-corrected chi connectivity index (χ2v) is 7.56. The molecule has 1 rings (SSSR count). The first-order valence-electron chi connectivity index (χ1n) is 6.56. The van der Waals surface area contributed by atoms with Crippen LogP contribution in [-0.2, 0) is 9.84 Å². The average molecular weight is 298 g/mol. The molecule has 0 aliphatic heterocycles. The predicted octanol–water partition coefficient (Wildman–Crippen LogP) is 1.34. The van der Waals surface area contributed by atoms with Gasteiger partial charge in [0.25, 0.3) is 5.91 Å². The largest absolute Gasteiger partial charge is 0.350 e. The van der Waals surface area contributed by atoms with Gasteiger partial charge in [-0.15, -0.1) is 0 Å². The van der Waals surface area contributed by atoms with E-state index < -0.39 is 21.3 Å². The summed E-state index contributed by atoms with van der Waals surface area (Å²) >= 11 is 0. The summed E-state index contributed by atoms with van der Waals surface area (Å²) in [4.78, 5) is 12.2. The number of carbonyl (C=O) groups is 1. The molecule has 0 fully saturated rings. The highest BCUT2D eigenvalue weighted by Crippen LogP contribution is 2.17. The summed E-state index contributed by atoms with van der Waals surface area (Å²) in [6, 6.07) is 6.24. The van der Waals surface area contributed by atoms with Gasteiger partial charge in [0, 0.05) is 12.1 Å². The van der Waals surface area contributed by atoms with Crippen molar-refractivity contribution in [3.8, 4) is 0 Å². The summed E-state index contributed by atoms with van der Waals surface area (Å²) in [7, 11) is -3.43. The van der Waals surface area contributed by atoms with Gasteiger partial charge < -0.3 is 11.1 Å². The molecule has 0 aliphatic rings. The molecule has 1 aromatic carbocycles. The molecule has 5 nitrogen and oxygen atoms in total. The smallest absolute Gasteiger partial charge is 0.252 e. The maximum Gasteiger partial charge on any atom is 0.252 e. The highest BCUT2D eigenvalue weighted by Gasteiger charge is 2.22. The summed E-state index contributed by atoms with van der Waals surface area (Å²) in [5.74, 6) is -0.390. The quantitative estimate of drug-likeness (QED) is 0.829. The third-order valence-corrected chi connectivity index (χ3v) is 4.62. The van der Waals surface area contributed by atoms with Crippen LogP contribution in [0.5, 0.6) is 0 Å². The number of hydrogen-bond acceptors (Lipinski definition) is 4. The van der Waals surface area contributed by atoms with Crippen LogP contribution in [0, 0.1) is 0 Å². The molecule has 0 spiro atoms. The first-order chi connectivity index (χ1) is 9.17. The highest BCUT2D eigenvalue weighted by atomic mass is 32.2. The maximum absolute atomic E-state index is 12.2. The van der Waals surface area contributed by atoms with Crippen molar-refractivity contribution in [3.63, 3.8) is 0 Å². The molecule has 20 heavy (non-hydrogen) atoms. The monoisotopic (exact) mass is 298 g/mol. The van der Waals surface area contributed by atoms with Gasteiger partial charge >= 0.3 is 0 Å². The minimum absolute atomic E-state index is 0.0275. The van der Waals surface area contributed by atoms with Crippen molar-refractivity contribution >= 4 is 15.7 Å². The van der Waals surface area contributed by atoms with Crippen molar-refractivity contribution in [2.75, 3.05) is 12.3 Å². The Bertz CT molecular complexity index is 574. The van der Waals surface area contributed by atoms with E-state index in [0.29, 0.717) is 6.42 Å². The molecule has 0 aromatic heterocycles. The van der Waals surface area contributed by atoms with Gasteiger partial charge in [0.2, 0.25) is 0 Å². The zero-order valence-electron chi connectivity index (χ0n) is 12.1. The molecule has 0 bridgehead atoms. The first-order valence-corrected chi connectivity index (χ1v) is 8.21. The van der Waals surface area contributed by atoms with Gasteiger partial charge in [-0.1, -0.05) is 19.1 Å². The Balaban J connectivity index is 3.05. The van der Waals surface area contributed by atoms with Crippen molar-refractivity contribution in [1.82, 2.24) is 5.32 Å². The van der Waals surface area contributed by atoms with Gasteiger partial charge in [0.05, 0.1) is 16.2 Å². The van der Waals surface area contributed by atoms with Crippen molar-refractivity contribution < 1.29 is 13.2 Å². The van der Waals surface area contributed by atoms with Gasteiger partial charge in [-0.3, -0.25) is 4.79 Å². The SMILES string of the molecule is CCCS(=O)(=O)c1ccccc1C(=O)NCC(C)(C)N. The number of nitrogens with two attached hydrogens (primary N) is 1. The normalized spacial score (nSPS) is 12.2. The lowest BCUT2D eigenvalue weighted by Gasteiger charge is -2.19. The average Bonchev–Trinajstić information content (AvgIpc) is 2.35. The fraction of sp³-hybridized carbons (Fsp3) is 0.500. The number of benzene rings is 1. The Hall–Kier alpha value is -1.40. The van der Waals surface area contributed by atoms with Gasteiger partial charge in [0.1, 0.15) is 0 Å². The van der Waals surface area contributed by atoms with E-state index in [1.54, 1.807) is 32.9 Å². The Labute approximate surface area is 120 Å². The van der Waals surface area contributed by atoms with E-state index in [0.717, 1.165) is 0 Å². The lowest BCUT2D eigenvalue weighted by Crippen LogP contribution is -2.45. The van der Waals surface area contributed by atoms with Crippen LogP contribution in [0.3, 0.4) is 0 Å². The molecule has 0 radical (unpaired) electrons. The Morgan fingerprint density at radius 3 is 2.45 bits per heavy atom. The molecular formula is C14H22N2O3S. The third kappa shape index (κ3) is 4.61. The molecule has 0 atom stereocenters. The van der Waals surface area contributed by atoms with Gasteiger partial charge in [0.15, 0.2) is 9.84 Å². The van der Waals surface area contributed by atoms with E-state index in [4.69, 9.17) is 5.73 Å². The Morgan fingerprint density at radius 1 is 1.30 bits per heavy atom. The molecule has 0 heterocycles. The maximum atomic E-state index is 12.2. The fourth-order valence-corrected chi connectivity index (χ4v) is 3.25. The fourth-order valence-electron chi connectivity index (χ4n) is 1.71. The van der Waals surface area contributed by atoms with Crippen LogP contribution in [0.2, 0.25) is 0 Å². The van der Waals surface area contributed by atoms with Crippen LogP contribution in [0.25, 0.3) is 0 Å². The summed E-state index contributed by atoms with van der Waals surface area (Å²) < 4.78 is 24.3. The van der Waals surface area contributed by atoms with E-state index in [9.17, 15) is 13.2 Å². The number of nitrogens with one attached hydrogen (secondary N) is 1. The second kappa shape index (κ2) is 6.37. The van der Waals surface area contributed by atoms with Crippen molar-refractivity contribution in [1.29, 1.82) is 0 Å². The third-order valence-electron chi connectivity index (χ3n) is 2.64. The summed E-state index contributed by atoms with van der Waals surface area (Å²) in [6.07, 6.45) is 0.508. The Morgan fingerprint density at radius 2 is 1.90 bits per heavy atom. The molecule has 1 amide bonds. The van der Waals surface area contributed by atoms with Crippen LogP contribution >= 0.6 is 0 Å².